The molecule has 2 rings (SSSR count). The summed E-state index contributed by atoms with van der Waals surface area (Å²) in [5.74, 6) is 1.13. The average molecular weight is 279 g/mol. The maximum atomic E-state index is 11.6. The third kappa shape index (κ3) is 5.66. The zero-order chi connectivity index (χ0) is 13.3. The molecule has 0 radical (unpaired) electrons. The van der Waals surface area contributed by atoms with Crippen molar-refractivity contribution >= 4 is 17.7 Å². The molecule has 3 nitrogen and oxygen atoms in total. The molecule has 0 bridgehead atoms. The SMILES string of the molecule is O=C(CCCSc1ccccc1)NCC1CCCO1. The molecule has 0 aromatic heterocycles. The molecule has 1 aliphatic rings. The largest absolute Gasteiger partial charge is 0.376 e. The van der Waals surface area contributed by atoms with E-state index in [1.165, 1.54) is 4.90 Å². The van der Waals surface area contributed by atoms with Gasteiger partial charge in [-0.2, -0.15) is 0 Å². The van der Waals surface area contributed by atoms with Crippen molar-refractivity contribution in [2.24, 2.45) is 0 Å². The van der Waals surface area contributed by atoms with E-state index in [2.05, 4.69) is 17.4 Å². The Kier molecular flexibility index (Phi) is 6.24. The first-order chi connectivity index (χ1) is 9.34. The first-order valence-electron chi connectivity index (χ1n) is 6.91. The van der Waals surface area contributed by atoms with Gasteiger partial charge < -0.3 is 10.1 Å². The predicted molar refractivity (Wildman–Crippen MR) is 78.4 cm³/mol. The van der Waals surface area contributed by atoms with Crippen LogP contribution in [0.2, 0.25) is 0 Å². The summed E-state index contributed by atoms with van der Waals surface area (Å²) >= 11 is 1.80. The minimum Gasteiger partial charge on any atom is -0.376 e. The van der Waals surface area contributed by atoms with Crippen molar-refractivity contribution in [1.29, 1.82) is 0 Å². The number of rotatable bonds is 7. The Hall–Kier alpha value is -1.00. The van der Waals surface area contributed by atoms with Crippen LogP contribution in [-0.2, 0) is 9.53 Å². The average Bonchev–Trinajstić information content (AvgIpc) is 2.96. The smallest absolute Gasteiger partial charge is 0.220 e. The fourth-order valence-electron chi connectivity index (χ4n) is 2.06. The minimum absolute atomic E-state index is 0.143. The fraction of sp³-hybridized carbons (Fsp3) is 0.533. The van der Waals surface area contributed by atoms with Gasteiger partial charge in [-0.15, -0.1) is 11.8 Å². The number of amides is 1. The third-order valence-corrected chi connectivity index (χ3v) is 4.21. The van der Waals surface area contributed by atoms with Crippen LogP contribution in [0.3, 0.4) is 0 Å². The molecular weight excluding hydrogens is 258 g/mol. The van der Waals surface area contributed by atoms with Crippen molar-refractivity contribution in [3.8, 4) is 0 Å². The van der Waals surface area contributed by atoms with Crippen molar-refractivity contribution in [2.45, 2.75) is 36.7 Å². The van der Waals surface area contributed by atoms with E-state index in [-0.39, 0.29) is 12.0 Å². The lowest BCUT2D eigenvalue weighted by Crippen LogP contribution is -2.31. The molecule has 1 fully saturated rings. The van der Waals surface area contributed by atoms with Crippen LogP contribution in [0.25, 0.3) is 0 Å². The molecule has 1 N–H and O–H groups in total. The van der Waals surface area contributed by atoms with Gasteiger partial charge in [0.15, 0.2) is 0 Å². The number of thioether (sulfide) groups is 1. The molecule has 1 amide bonds. The normalized spacial score (nSPS) is 18.4. The highest BCUT2D eigenvalue weighted by molar-refractivity contribution is 7.99. The molecule has 1 saturated heterocycles. The highest BCUT2D eigenvalue weighted by Gasteiger charge is 2.15. The molecule has 19 heavy (non-hydrogen) atoms. The number of hydrogen-bond acceptors (Lipinski definition) is 3. The molecule has 1 unspecified atom stereocenters. The lowest BCUT2D eigenvalue weighted by Gasteiger charge is -2.10. The van der Waals surface area contributed by atoms with Crippen LogP contribution in [0.15, 0.2) is 35.2 Å². The van der Waals surface area contributed by atoms with Crippen LogP contribution >= 0.6 is 11.8 Å². The Balaban J connectivity index is 1.51. The van der Waals surface area contributed by atoms with E-state index in [4.69, 9.17) is 4.74 Å². The summed E-state index contributed by atoms with van der Waals surface area (Å²) in [7, 11) is 0. The van der Waals surface area contributed by atoms with Crippen LogP contribution in [0.4, 0.5) is 0 Å². The van der Waals surface area contributed by atoms with E-state index in [0.717, 1.165) is 31.6 Å². The molecule has 1 aromatic carbocycles. The Morgan fingerprint density at radius 3 is 2.95 bits per heavy atom. The predicted octanol–water partition coefficient (Wildman–Crippen LogP) is 2.85. The van der Waals surface area contributed by atoms with Gasteiger partial charge in [-0.05, 0) is 37.1 Å². The second kappa shape index (κ2) is 8.23. The van der Waals surface area contributed by atoms with E-state index in [0.29, 0.717) is 13.0 Å². The Morgan fingerprint density at radius 1 is 1.37 bits per heavy atom. The molecule has 1 heterocycles. The van der Waals surface area contributed by atoms with Crippen LogP contribution in [0.1, 0.15) is 25.7 Å². The molecule has 1 atom stereocenters. The van der Waals surface area contributed by atoms with Gasteiger partial charge in [0.25, 0.3) is 0 Å². The molecule has 0 spiro atoms. The summed E-state index contributed by atoms with van der Waals surface area (Å²) in [5.41, 5.74) is 0. The van der Waals surface area contributed by atoms with Crippen molar-refractivity contribution in [1.82, 2.24) is 5.32 Å². The third-order valence-electron chi connectivity index (χ3n) is 3.11. The fourth-order valence-corrected chi connectivity index (χ4v) is 2.93. The van der Waals surface area contributed by atoms with E-state index in [9.17, 15) is 4.79 Å². The first kappa shape index (κ1) is 14.4. The Morgan fingerprint density at radius 2 is 2.21 bits per heavy atom. The lowest BCUT2D eigenvalue weighted by atomic mass is 10.2. The van der Waals surface area contributed by atoms with Crippen molar-refractivity contribution in [2.75, 3.05) is 18.9 Å². The molecule has 0 saturated carbocycles. The van der Waals surface area contributed by atoms with E-state index < -0.39 is 0 Å². The molecule has 1 aromatic rings. The lowest BCUT2D eigenvalue weighted by molar-refractivity contribution is -0.121. The number of carbonyl (C=O) groups is 1. The van der Waals surface area contributed by atoms with E-state index in [1.54, 1.807) is 11.8 Å². The summed E-state index contributed by atoms with van der Waals surface area (Å²) < 4.78 is 5.47. The highest BCUT2D eigenvalue weighted by Crippen LogP contribution is 2.18. The number of ether oxygens (including phenoxy) is 1. The van der Waals surface area contributed by atoms with Crippen LogP contribution in [0, 0.1) is 0 Å². The van der Waals surface area contributed by atoms with Gasteiger partial charge in [-0.1, -0.05) is 18.2 Å². The van der Waals surface area contributed by atoms with E-state index >= 15 is 0 Å². The van der Waals surface area contributed by atoms with Crippen LogP contribution in [-0.4, -0.2) is 30.9 Å². The highest BCUT2D eigenvalue weighted by atomic mass is 32.2. The number of benzene rings is 1. The minimum atomic E-state index is 0.143. The van der Waals surface area contributed by atoms with Crippen molar-refractivity contribution in [3.05, 3.63) is 30.3 Å². The van der Waals surface area contributed by atoms with Crippen molar-refractivity contribution < 1.29 is 9.53 Å². The summed E-state index contributed by atoms with van der Waals surface area (Å²) in [6.07, 6.45) is 3.95. The topological polar surface area (TPSA) is 38.3 Å². The first-order valence-corrected chi connectivity index (χ1v) is 7.89. The second-order valence-corrected chi connectivity index (χ2v) is 5.87. The van der Waals surface area contributed by atoms with Crippen LogP contribution in [0.5, 0.6) is 0 Å². The second-order valence-electron chi connectivity index (χ2n) is 4.70. The van der Waals surface area contributed by atoms with Gasteiger partial charge in [0.2, 0.25) is 5.91 Å². The quantitative estimate of drug-likeness (QED) is 0.616. The van der Waals surface area contributed by atoms with Gasteiger partial charge in [0.1, 0.15) is 0 Å². The van der Waals surface area contributed by atoms with Gasteiger partial charge in [-0.3, -0.25) is 4.79 Å². The molecule has 4 heteroatoms. The molecule has 1 aliphatic heterocycles. The monoisotopic (exact) mass is 279 g/mol. The Labute approximate surface area is 119 Å². The maximum absolute atomic E-state index is 11.6. The Bertz CT molecular complexity index is 377. The maximum Gasteiger partial charge on any atom is 0.220 e. The van der Waals surface area contributed by atoms with Gasteiger partial charge >= 0.3 is 0 Å². The standard InChI is InChI=1S/C15H21NO2S/c17-15(16-12-13-6-4-10-18-13)9-5-11-19-14-7-2-1-3-8-14/h1-3,7-8,13H,4-6,9-12H2,(H,16,17). The molecule has 0 aliphatic carbocycles. The summed E-state index contributed by atoms with van der Waals surface area (Å²) in [6, 6.07) is 10.3. The number of nitrogens with one attached hydrogen (secondary N) is 1. The van der Waals surface area contributed by atoms with Crippen LogP contribution < -0.4 is 5.32 Å². The summed E-state index contributed by atoms with van der Waals surface area (Å²) in [4.78, 5) is 12.9. The zero-order valence-electron chi connectivity index (χ0n) is 11.1. The summed E-state index contributed by atoms with van der Waals surface area (Å²) in [5, 5.41) is 2.95. The summed E-state index contributed by atoms with van der Waals surface area (Å²) in [6.45, 7) is 1.51. The van der Waals surface area contributed by atoms with Gasteiger partial charge in [0.05, 0.1) is 6.10 Å². The van der Waals surface area contributed by atoms with Crippen molar-refractivity contribution in [3.63, 3.8) is 0 Å². The van der Waals surface area contributed by atoms with Gasteiger partial charge in [0, 0.05) is 24.5 Å². The number of hydrogen-bond donors (Lipinski definition) is 1. The number of carbonyl (C=O) groups excluding carboxylic acids is 1. The van der Waals surface area contributed by atoms with Gasteiger partial charge in [-0.25, -0.2) is 0 Å². The van der Waals surface area contributed by atoms with E-state index in [1.807, 2.05) is 18.2 Å². The zero-order valence-corrected chi connectivity index (χ0v) is 12.0. The molecule has 104 valence electrons. The molecular formula is C15H21NO2S.